The van der Waals surface area contributed by atoms with Crippen molar-refractivity contribution < 1.29 is 0 Å². The SMILES string of the molecule is CCCC1=CCc2ccccc21.CCCC1=Cc2ccccc2C1. The second-order valence-corrected chi connectivity index (χ2v) is 6.77. The van der Waals surface area contributed by atoms with E-state index in [0.29, 0.717) is 0 Å². The minimum atomic E-state index is 1.14. The molecule has 0 saturated heterocycles. The van der Waals surface area contributed by atoms with Crippen molar-refractivity contribution in [2.75, 3.05) is 0 Å². The van der Waals surface area contributed by atoms with Gasteiger partial charge in [-0.3, -0.25) is 0 Å². The van der Waals surface area contributed by atoms with E-state index >= 15 is 0 Å². The van der Waals surface area contributed by atoms with E-state index in [1.54, 1.807) is 11.1 Å². The van der Waals surface area contributed by atoms with Crippen LogP contribution in [0.25, 0.3) is 11.6 Å². The Bertz CT molecular complexity index is 746. The lowest BCUT2D eigenvalue weighted by Crippen LogP contribution is -1.83. The Labute approximate surface area is 146 Å². The van der Waals surface area contributed by atoms with Gasteiger partial charge in [0.25, 0.3) is 0 Å². The minimum Gasteiger partial charge on any atom is -0.0763 e. The van der Waals surface area contributed by atoms with E-state index in [-0.39, 0.29) is 0 Å². The maximum absolute atomic E-state index is 2.37. The van der Waals surface area contributed by atoms with Crippen LogP contribution in [-0.4, -0.2) is 0 Å². The average molecular weight is 316 g/mol. The van der Waals surface area contributed by atoms with Gasteiger partial charge in [0.05, 0.1) is 0 Å². The number of hydrogen-bond donors (Lipinski definition) is 0. The van der Waals surface area contributed by atoms with Crippen LogP contribution in [-0.2, 0) is 12.8 Å². The molecule has 0 fully saturated rings. The third-order valence-electron chi connectivity index (χ3n) is 4.85. The highest BCUT2D eigenvalue weighted by Gasteiger charge is 2.11. The molecular formula is C24H28. The molecule has 2 aromatic carbocycles. The normalized spacial score (nSPS) is 14.2. The van der Waals surface area contributed by atoms with Gasteiger partial charge in [-0.15, -0.1) is 0 Å². The molecule has 0 bridgehead atoms. The van der Waals surface area contributed by atoms with Gasteiger partial charge in [0.15, 0.2) is 0 Å². The highest BCUT2D eigenvalue weighted by Crippen LogP contribution is 2.30. The quantitative estimate of drug-likeness (QED) is 0.578. The first-order valence-corrected chi connectivity index (χ1v) is 9.36. The molecule has 24 heavy (non-hydrogen) atoms. The fourth-order valence-electron chi connectivity index (χ4n) is 3.69. The van der Waals surface area contributed by atoms with E-state index in [2.05, 4.69) is 74.5 Å². The van der Waals surface area contributed by atoms with Crippen molar-refractivity contribution in [3.8, 4) is 0 Å². The molecular weight excluding hydrogens is 288 g/mol. The average Bonchev–Trinajstić information content (AvgIpc) is 3.20. The summed E-state index contributed by atoms with van der Waals surface area (Å²) in [6, 6.07) is 17.4. The Morgan fingerprint density at radius 3 is 2.25 bits per heavy atom. The monoisotopic (exact) mass is 316 g/mol. The van der Waals surface area contributed by atoms with Gasteiger partial charge in [0.2, 0.25) is 0 Å². The summed E-state index contributed by atoms with van der Waals surface area (Å²) in [5, 5.41) is 0. The number of allylic oxidation sites excluding steroid dienone is 3. The lowest BCUT2D eigenvalue weighted by Gasteiger charge is -2.02. The topological polar surface area (TPSA) is 0 Å². The molecule has 0 N–H and O–H groups in total. The van der Waals surface area contributed by atoms with Crippen molar-refractivity contribution in [2.45, 2.75) is 52.4 Å². The van der Waals surface area contributed by atoms with Crippen LogP contribution < -0.4 is 0 Å². The van der Waals surface area contributed by atoms with Crippen molar-refractivity contribution in [1.82, 2.24) is 0 Å². The van der Waals surface area contributed by atoms with Crippen molar-refractivity contribution in [3.63, 3.8) is 0 Å². The summed E-state index contributed by atoms with van der Waals surface area (Å²) in [5.41, 5.74) is 9.06. The van der Waals surface area contributed by atoms with E-state index in [4.69, 9.17) is 0 Å². The second kappa shape index (κ2) is 8.15. The molecule has 2 aliphatic carbocycles. The molecule has 0 heteroatoms. The summed E-state index contributed by atoms with van der Waals surface area (Å²) in [7, 11) is 0. The summed E-state index contributed by atoms with van der Waals surface area (Å²) < 4.78 is 0. The van der Waals surface area contributed by atoms with E-state index in [1.165, 1.54) is 54.4 Å². The van der Waals surface area contributed by atoms with Gasteiger partial charge < -0.3 is 0 Å². The van der Waals surface area contributed by atoms with Crippen molar-refractivity contribution in [1.29, 1.82) is 0 Å². The molecule has 0 amide bonds. The fraction of sp³-hybridized carbons (Fsp3) is 0.333. The Balaban J connectivity index is 0.000000141. The molecule has 4 rings (SSSR count). The van der Waals surface area contributed by atoms with Gasteiger partial charge in [-0.05, 0) is 53.5 Å². The van der Waals surface area contributed by atoms with Crippen LogP contribution >= 0.6 is 0 Å². The molecule has 0 aliphatic heterocycles. The fourth-order valence-corrected chi connectivity index (χ4v) is 3.69. The number of hydrogen-bond acceptors (Lipinski definition) is 0. The van der Waals surface area contributed by atoms with E-state index < -0.39 is 0 Å². The van der Waals surface area contributed by atoms with Crippen LogP contribution in [0.4, 0.5) is 0 Å². The van der Waals surface area contributed by atoms with E-state index in [9.17, 15) is 0 Å². The smallest absolute Gasteiger partial charge is 0.00578 e. The molecule has 124 valence electrons. The Morgan fingerprint density at radius 2 is 1.50 bits per heavy atom. The van der Waals surface area contributed by atoms with Gasteiger partial charge in [0, 0.05) is 0 Å². The van der Waals surface area contributed by atoms with E-state index in [0.717, 1.165) is 6.42 Å². The maximum atomic E-state index is 2.37. The molecule has 0 aromatic heterocycles. The first-order chi connectivity index (χ1) is 11.8. The highest BCUT2D eigenvalue weighted by molar-refractivity contribution is 5.72. The second-order valence-electron chi connectivity index (χ2n) is 6.77. The van der Waals surface area contributed by atoms with Crippen LogP contribution in [0.15, 0.2) is 60.2 Å². The van der Waals surface area contributed by atoms with Crippen LogP contribution in [0.2, 0.25) is 0 Å². The summed E-state index contributed by atoms with van der Waals surface area (Å²) >= 11 is 0. The Kier molecular flexibility index (Phi) is 5.69. The van der Waals surface area contributed by atoms with Gasteiger partial charge in [0.1, 0.15) is 0 Å². The zero-order chi connectivity index (χ0) is 16.8. The summed E-state index contributed by atoms with van der Waals surface area (Å²) in [6.07, 6.45) is 12.0. The summed E-state index contributed by atoms with van der Waals surface area (Å²) in [6.45, 7) is 4.48. The predicted octanol–water partition coefficient (Wildman–Crippen LogP) is 6.85. The highest BCUT2D eigenvalue weighted by atomic mass is 14.2. The lowest BCUT2D eigenvalue weighted by atomic mass is 10.0. The van der Waals surface area contributed by atoms with Gasteiger partial charge in [-0.2, -0.15) is 0 Å². The van der Waals surface area contributed by atoms with Gasteiger partial charge in [-0.25, -0.2) is 0 Å². The third kappa shape index (κ3) is 3.87. The first kappa shape index (κ1) is 16.8. The van der Waals surface area contributed by atoms with Gasteiger partial charge in [-0.1, -0.05) is 92.9 Å². The van der Waals surface area contributed by atoms with Crippen molar-refractivity contribution in [3.05, 3.63) is 82.4 Å². The minimum absolute atomic E-state index is 1.14. The molecule has 0 unspecified atom stereocenters. The van der Waals surface area contributed by atoms with Crippen LogP contribution in [0.5, 0.6) is 0 Å². The summed E-state index contributed by atoms with van der Waals surface area (Å²) in [5.74, 6) is 0. The molecule has 0 atom stereocenters. The number of fused-ring (bicyclic) bond motifs is 2. The number of rotatable bonds is 4. The molecule has 0 spiro atoms. The molecule has 0 radical (unpaired) electrons. The molecule has 2 aliphatic rings. The van der Waals surface area contributed by atoms with Crippen molar-refractivity contribution >= 4 is 11.6 Å². The third-order valence-corrected chi connectivity index (χ3v) is 4.85. The standard InChI is InChI=1S/2C12H14/c1-2-5-10-8-11-6-3-4-7-12(11)9-10;1-2-5-10-8-9-11-6-3-4-7-12(10)11/h2*3-4,6-8H,2,5,9H2,1H3. The lowest BCUT2D eigenvalue weighted by molar-refractivity contribution is 0.886. The van der Waals surface area contributed by atoms with Crippen molar-refractivity contribution in [2.24, 2.45) is 0 Å². The molecule has 2 aromatic rings. The number of benzene rings is 2. The van der Waals surface area contributed by atoms with Crippen LogP contribution in [0.3, 0.4) is 0 Å². The van der Waals surface area contributed by atoms with Crippen LogP contribution in [0, 0.1) is 0 Å². The molecule has 0 heterocycles. The summed E-state index contributed by atoms with van der Waals surface area (Å²) in [4.78, 5) is 0. The Morgan fingerprint density at radius 1 is 0.792 bits per heavy atom. The molecule has 0 saturated carbocycles. The molecule has 0 nitrogen and oxygen atoms in total. The maximum Gasteiger partial charge on any atom is -0.00578 e. The largest absolute Gasteiger partial charge is 0.0763 e. The zero-order valence-electron chi connectivity index (χ0n) is 15.0. The van der Waals surface area contributed by atoms with Gasteiger partial charge >= 0.3 is 0 Å². The first-order valence-electron chi connectivity index (χ1n) is 9.36. The van der Waals surface area contributed by atoms with Crippen LogP contribution in [0.1, 0.15) is 61.8 Å². The zero-order valence-corrected chi connectivity index (χ0v) is 15.0. The van der Waals surface area contributed by atoms with E-state index in [1.807, 2.05) is 0 Å². The predicted molar refractivity (Wildman–Crippen MR) is 106 cm³/mol. The Hall–Kier alpha value is -2.08.